The van der Waals surface area contributed by atoms with Gasteiger partial charge in [-0.05, 0) is 31.4 Å². The fourth-order valence-corrected chi connectivity index (χ4v) is 3.10. The Morgan fingerprint density at radius 3 is 2.90 bits per heavy atom. The lowest BCUT2D eigenvalue weighted by atomic mass is 10.0. The molecule has 2 aliphatic rings. The van der Waals surface area contributed by atoms with Gasteiger partial charge in [0.1, 0.15) is 6.61 Å². The highest BCUT2D eigenvalue weighted by atomic mass is 35.5. The quantitative estimate of drug-likeness (QED) is 0.787. The molecule has 2 unspecified atom stereocenters. The van der Waals surface area contributed by atoms with Crippen LogP contribution >= 0.6 is 11.6 Å². The summed E-state index contributed by atoms with van der Waals surface area (Å²) in [5.74, 6) is 1.81. The fraction of sp³-hybridized carbons (Fsp3) is 0.533. The lowest BCUT2D eigenvalue weighted by Gasteiger charge is -2.37. The first-order valence-electron chi connectivity index (χ1n) is 7.04. The van der Waals surface area contributed by atoms with E-state index in [4.69, 9.17) is 21.1 Å². The van der Waals surface area contributed by atoms with Crippen LogP contribution in [0.25, 0.3) is 0 Å². The third-order valence-electron chi connectivity index (χ3n) is 3.87. The minimum absolute atomic E-state index is 0.00940. The summed E-state index contributed by atoms with van der Waals surface area (Å²) in [7, 11) is 0. The number of para-hydroxylation sites is 2. The summed E-state index contributed by atoms with van der Waals surface area (Å²) in [6.45, 7) is 1.03. The van der Waals surface area contributed by atoms with Crippen molar-refractivity contribution in [3.8, 4) is 11.5 Å². The Hall–Kier alpha value is -1.42. The Morgan fingerprint density at radius 1 is 1.30 bits per heavy atom. The van der Waals surface area contributed by atoms with Crippen molar-refractivity contribution in [2.24, 2.45) is 0 Å². The maximum Gasteiger partial charge on any atom is 0.267 e. The number of carbonyl (C=O) groups excluding carboxylic acids is 1. The lowest BCUT2D eigenvalue weighted by Crippen LogP contribution is -2.52. The summed E-state index contributed by atoms with van der Waals surface area (Å²) >= 11 is 5.97. The van der Waals surface area contributed by atoms with Crippen LogP contribution < -0.4 is 9.47 Å². The predicted molar refractivity (Wildman–Crippen MR) is 76.4 cm³/mol. The molecular formula is C15H18ClNO3. The van der Waals surface area contributed by atoms with Gasteiger partial charge >= 0.3 is 0 Å². The van der Waals surface area contributed by atoms with Gasteiger partial charge in [0.05, 0.1) is 0 Å². The first kappa shape index (κ1) is 13.6. The largest absolute Gasteiger partial charge is 0.485 e. The maximum absolute atomic E-state index is 12.6. The van der Waals surface area contributed by atoms with E-state index in [1.165, 1.54) is 0 Å². The molecule has 0 saturated carbocycles. The van der Waals surface area contributed by atoms with E-state index < -0.39 is 6.10 Å². The molecule has 2 aliphatic heterocycles. The highest BCUT2D eigenvalue weighted by molar-refractivity contribution is 6.18. The second-order valence-corrected chi connectivity index (χ2v) is 5.51. The molecular weight excluding hydrogens is 278 g/mol. The van der Waals surface area contributed by atoms with Gasteiger partial charge < -0.3 is 14.4 Å². The SMILES string of the molecule is O=C(C1COc2ccccc2O1)N1CCCCC1CCl. The minimum Gasteiger partial charge on any atom is -0.485 e. The van der Waals surface area contributed by atoms with Gasteiger partial charge in [0.2, 0.25) is 6.10 Å². The zero-order valence-corrected chi connectivity index (χ0v) is 12.0. The number of alkyl halides is 1. The molecule has 2 heterocycles. The third-order valence-corrected chi connectivity index (χ3v) is 4.23. The number of piperidine rings is 1. The Kier molecular flexibility index (Phi) is 4.01. The van der Waals surface area contributed by atoms with E-state index in [-0.39, 0.29) is 18.6 Å². The van der Waals surface area contributed by atoms with Gasteiger partial charge in [0, 0.05) is 18.5 Å². The number of hydrogen-bond acceptors (Lipinski definition) is 3. The van der Waals surface area contributed by atoms with Crippen molar-refractivity contribution in [2.75, 3.05) is 19.0 Å². The van der Waals surface area contributed by atoms with E-state index in [0.29, 0.717) is 17.4 Å². The van der Waals surface area contributed by atoms with Crippen LogP contribution in [0.3, 0.4) is 0 Å². The Balaban J connectivity index is 1.72. The highest BCUT2D eigenvalue weighted by Crippen LogP contribution is 2.32. The molecule has 0 bridgehead atoms. The van der Waals surface area contributed by atoms with Crippen LogP contribution in [0.1, 0.15) is 19.3 Å². The monoisotopic (exact) mass is 295 g/mol. The number of hydrogen-bond donors (Lipinski definition) is 0. The van der Waals surface area contributed by atoms with Crippen LogP contribution in [-0.4, -0.2) is 42.0 Å². The van der Waals surface area contributed by atoms with Crippen molar-refractivity contribution in [2.45, 2.75) is 31.4 Å². The predicted octanol–water partition coefficient (Wildman–Crippen LogP) is 2.45. The van der Waals surface area contributed by atoms with Crippen molar-refractivity contribution in [1.82, 2.24) is 4.90 Å². The van der Waals surface area contributed by atoms with Crippen molar-refractivity contribution >= 4 is 17.5 Å². The van der Waals surface area contributed by atoms with Crippen molar-refractivity contribution in [3.63, 3.8) is 0 Å². The number of rotatable bonds is 2. The third kappa shape index (κ3) is 2.57. The average molecular weight is 296 g/mol. The molecule has 3 rings (SSSR count). The van der Waals surface area contributed by atoms with E-state index in [2.05, 4.69) is 0 Å². The van der Waals surface area contributed by atoms with E-state index >= 15 is 0 Å². The summed E-state index contributed by atoms with van der Waals surface area (Å²) < 4.78 is 11.4. The van der Waals surface area contributed by atoms with E-state index in [0.717, 1.165) is 25.8 Å². The van der Waals surface area contributed by atoms with E-state index in [1.54, 1.807) is 0 Å². The zero-order chi connectivity index (χ0) is 13.9. The molecule has 1 aromatic carbocycles. The molecule has 4 nitrogen and oxygen atoms in total. The van der Waals surface area contributed by atoms with Crippen molar-refractivity contribution < 1.29 is 14.3 Å². The Morgan fingerprint density at radius 2 is 2.10 bits per heavy atom. The number of benzene rings is 1. The van der Waals surface area contributed by atoms with Gasteiger partial charge in [-0.1, -0.05) is 12.1 Å². The summed E-state index contributed by atoms with van der Waals surface area (Å²) in [5.41, 5.74) is 0. The fourth-order valence-electron chi connectivity index (χ4n) is 2.78. The van der Waals surface area contributed by atoms with Crippen molar-refractivity contribution in [3.05, 3.63) is 24.3 Å². The van der Waals surface area contributed by atoms with Crippen LogP contribution in [0.15, 0.2) is 24.3 Å². The van der Waals surface area contributed by atoms with Crippen LogP contribution in [-0.2, 0) is 4.79 Å². The molecule has 1 saturated heterocycles. The van der Waals surface area contributed by atoms with Crippen LogP contribution in [0, 0.1) is 0 Å². The van der Waals surface area contributed by atoms with Gasteiger partial charge in [0.25, 0.3) is 5.91 Å². The van der Waals surface area contributed by atoms with Gasteiger partial charge in [0.15, 0.2) is 11.5 Å². The summed E-state index contributed by atoms with van der Waals surface area (Å²) in [6, 6.07) is 7.55. The van der Waals surface area contributed by atoms with E-state index in [9.17, 15) is 4.79 Å². The molecule has 0 radical (unpaired) electrons. The molecule has 2 atom stereocenters. The Labute approximate surface area is 123 Å². The molecule has 1 amide bonds. The van der Waals surface area contributed by atoms with Crippen LogP contribution in [0.2, 0.25) is 0 Å². The normalized spacial score (nSPS) is 25.4. The molecule has 1 aromatic rings. The molecule has 108 valence electrons. The van der Waals surface area contributed by atoms with Gasteiger partial charge in [-0.25, -0.2) is 0 Å². The number of likely N-dealkylation sites (tertiary alicyclic amines) is 1. The van der Waals surface area contributed by atoms with Gasteiger partial charge in [-0.3, -0.25) is 4.79 Å². The second kappa shape index (κ2) is 5.92. The smallest absolute Gasteiger partial charge is 0.267 e. The summed E-state index contributed by atoms with van der Waals surface area (Å²) in [4.78, 5) is 14.5. The molecule has 20 heavy (non-hydrogen) atoms. The molecule has 0 spiro atoms. The lowest BCUT2D eigenvalue weighted by molar-refractivity contribution is -0.144. The maximum atomic E-state index is 12.6. The molecule has 1 fully saturated rings. The summed E-state index contributed by atoms with van der Waals surface area (Å²) in [5, 5.41) is 0. The molecule has 0 aliphatic carbocycles. The highest BCUT2D eigenvalue weighted by Gasteiger charge is 2.35. The number of nitrogens with zero attached hydrogens (tertiary/aromatic N) is 1. The zero-order valence-electron chi connectivity index (χ0n) is 11.3. The molecule has 0 aromatic heterocycles. The number of halogens is 1. The van der Waals surface area contributed by atoms with Crippen LogP contribution in [0.5, 0.6) is 11.5 Å². The second-order valence-electron chi connectivity index (χ2n) is 5.20. The van der Waals surface area contributed by atoms with Crippen LogP contribution in [0.4, 0.5) is 0 Å². The van der Waals surface area contributed by atoms with Crippen molar-refractivity contribution in [1.29, 1.82) is 0 Å². The molecule has 0 N–H and O–H groups in total. The number of amides is 1. The standard InChI is InChI=1S/C15H18ClNO3/c16-9-11-5-3-4-8-17(11)15(18)14-10-19-12-6-1-2-7-13(12)20-14/h1-2,6-7,11,14H,3-5,8-10H2. The number of carbonyl (C=O) groups is 1. The van der Waals surface area contributed by atoms with E-state index in [1.807, 2.05) is 29.2 Å². The first-order chi connectivity index (χ1) is 9.79. The van der Waals surface area contributed by atoms with Gasteiger partial charge in [-0.2, -0.15) is 0 Å². The number of ether oxygens (including phenoxy) is 2. The average Bonchev–Trinajstić information content (AvgIpc) is 2.53. The first-order valence-corrected chi connectivity index (χ1v) is 7.58. The Bertz CT molecular complexity index is 494. The number of fused-ring (bicyclic) bond motifs is 1. The van der Waals surface area contributed by atoms with Gasteiger partial charge in [-0.15, -0.1) is 11.6 Å². The summed E-state index contributed by atoms with van der Waals surface area (Å²) in [6.07, 6.45) is 2.57. The topological polar surface area (TPSA) is 38.8 Å². The minimum atomic E-state index is -0.561. The molecule has 5 heteroatoms.